The molecule has 10 aromatic rings. The highest BCUT2D eigenvalue weighted by molar-refractivity contribution is 5.98. The summed E-state index contributed by atoms with van der Waals surface area (Å²) in [7, 11) is 0. The van der Waals surface area contributed by atoms with E-state index in [1.165, 1.54) is 22.3 Å². The van der Waals surface area contributed by atoms with Crippen molar-refractivity contribution in [3.05, 3.63) is 217 Å². The van der Waals surface area contributed by atoms with E-state index >= 15 is 0 Å². The number of phenolic OH excluding ortho intramolecular Hbond substituents is 1. The van der Waals surface area contributed by atoms with Gasteiger partial charge in [-0.3, -0.25) is 9.55 Å². The van der Waals surface area contributed by atoms with E-state index in [4.69, 9.17) is 9.97 Å². The zero-order chi connectivity index (χ0) is 47.3. The molecule has 4 nitrogen and oxygen atoms in total. The maximum atomic E-state index is 12.1. The summed E-state index contributed by atoms with van der Waals surface area (Å²) in [5.41, 5.74) is 20.7. The number of aryl methyl sites for hydroxylation is 2. The van der Waals surface area contributed by atoms with Crippen molar-refractivity contribution in [1.82, 2.24) is 14.5 Å². The standard InChI is InChI=1S/C64H57N3O/c1-41-34-47(59-52(45-24-16-11-17-25-45)26-18-28-55(59)64(6,7)8)30-31-57(41)67-58-29-19-27-53(60(58)66-62(67)54-40-51(63(3,4)5)35-42(2)61(54)68)49-36-48(44-22-14-10-15-23-44)37-50(38-49)56-39-46(32-33-65-56)43-20-12-9-13-21-43/h9-40,68H,1-8H3. The molecule has 0 saturated heterocycles. The summed E-state index contributed by atoms with van der Waals surface area (Å²) in [6, 6.07) is 67.0. The molecule has 0 aliphatic rings. The number of pyridine rings is 1. The van der Waals surface area contributed by atoms with Crippen LogP contribution in [0.5, 0.6) is 5.75 Å². The minimum absolute atomic E-state index is 0.0945. The molecule has 0 aliphatic heterocycles. The van der Waals surface area contributed by atoms with Gasteiger partial charge >= 0.3 is 0 Å². The van der Waals surface area contributed by atoms with E-state index in [1.807, 2.05) is 19.2 Å². The Bertz CT molecular complexity index is 3480. The SMILES string of the molecule is Cc1cc(-c2c(-c3ccccc3)cccc2C(C)(C)C)ccc1-n1c(-c2cc(C(C)(C)C)cc(C)c2O)nc2c(-c3cc(-c4ccccc4)cc(-c4cc(-c5ccccc5)ccn4)c3)cccc21. The molecule has 0 fully saturated rings. The fraction of sp³-hybridized carbons (Fsp3) is 0.156. The number of hydrogen-bond acceptors (Lipinski definition) is 3. The molecule has 4 heteroatoms. The highest BCUT2D eigenvalue weighted by atomic mass is 16.3. The first kappa shape index (κ1) is 44.0. The number of para-hydroxylation sites is 1. The number of fused-ring (bicyclic) bond motifs is 1. The third-order valence-electron chi connectivity index (χ3n) is 13.3. The van der Waals surface area contributed by atoms with Crippen LogP contribution in [0.2, 0.25) is 0 Å². The number of aromatic hydroxyl groups is 1. The maximum Gasteiger partial charge on any atom is 0.149 e. The summed E-state index contributed by atoms with van der Waals surface area (Å²) >= 11 is 0. The molecular weight excluding hydrogens is 827 g/mol. The van der Waals surface area contributed by atoms with Gasteiger partial charge in [0.1, 0.15) is 11.6 Å². The number of phenols is 1. The third-order valence-corrected chi connectivity index (χ3v) is 13.3. The van der Waals surface area contributed by atoms with Gasteiger partial charge in [0.25, 0.3) is 0 Å². The fourth-order valence-corrected chi connectivity index (χ4v) is 9.68. The molecule has 10 rings (SSSR count). The summed E-state index contributed by atoms with van der Waals surface area (Å²) in [6.07, 6.45) is 1.90. The van der Waals surface area contributed by atoms with Crippen LogP contribution in [0, 0.1) is 13.8 Å². The zero-order valence-corrected chi connectivity index (χ0v) is 40.3. The van der Waals surface area contributed by atoms with Gasteiger partial charge in [-0.25, -0.2) is 4.98 Å². The van der Waals surface area contributed by atoms with E-state index in [-0.39, 0.29) is 16.6 Å². The molecule has 0 saturated carbocycles. The van der Waals surface area contributed by atoms with E-state index < -0.39 is 0 Å². The summed E-state index contributed by atoms with van der Waals surface area (Å²) in [6.45, 7) is 17.7. The van der Waals surface area contributed by atoms with Crippen molar-refractivity contribution in [2.24, 2.45) is 0 Å². The first-order valence-corrected chi connectivity index (χ1v) is 23.6. The largest absolute Gasteiger partial charge is 0.507 e. The molecule has 68 heavy (non-hydrogen) atoms. The van der Waals surface area contributed by atoms with Crippen LogP contribution in [-0.4, -0.2) is 19.6 Å². The molecule has 0 radical (unpaired) electrons. The Balaban J connectivity index is 1.22. The molecule has 0 atom stereocenters. The Morgan fingerprint density at radius 2 is 1.06 bits per heavy atom. The maximum absolute atomic E-state index is 12.1. The summed E-state index contributed by atoms with van der Waals surface area (Å²) in [5.74, 6) is 0.918. The summed E-state index contributed by atoms with van der Waals surface area (Å²) in [5, 5.41) is 12.1. The van der Waals surface area contributed by atoms with Crippen LogP contribution in [0.1, 0.15) is 63.8 Å². The monoisotopic (exact) mass is 883 g/mol. The number of imidazole rings is 1. The first-order valence-electron chi connectivity index (χ1n) is 23.6. The van der Waals surface area contributed by atoms with Gasteiger partial charge < -0.3 is 5.11 Å². The van der Waals surface area contributed by atoms with Gasteiger partial charge in [0.2, 0.25) is 0 Å². The van der Waals surface area contributed by atoms with Gasteiger partial charge in [-0.15, -0.1) is 0 Å². The molecule has 2 aromatic heterocycles. The van der Waals surface area contributed by atoms with Crippen LogP contribution in [0.15, 0.2) is 194 Å². The molecule has 0 amide bonds. The summed E-state index contributed by atoms with van der Waals surface area (Å²) < 4.78 is 2.26. The van der Waals surface area contributed by atoms with Gasteiger partial charge in [0.15, 0.2) is 0 Å². The van der Waals surface area contributed by atoms with Gasteiger partial charge in [0.05, 0.1) is 28.0 Å². The van der Waals surface area contributed by atoms with E-state index in [1.54, 1.807) is 0 Å². The number of aromatic nitrogens is 3. The van der Waals surface area contributed by atoms with E-state index in [9.17, 15) is 5.11 Å². The normalized spacial score (nSPS) is 11.9. The van der Waals surface area contributed by atoms with Crippen LogP contribution in [-0.2, 0) is 10.8 Å². The second kappa shape index (κ2) is 17.4. The van der Waals surface area contributed by atoms with Gasteiger partial charge in [0, 0.05) is 17.3 Å². The molecule has 8 aromatic carbocycles. The van der Waals surface area contributed by atoms with Crippen molar-refractivity contribution in [3.8, 4) is 89.7 Å². The minimum atomic E-state index is -0.163. The lowest BCUT2D eigenvalue weighted by atomic mass is 9.78. The first-order chi connectivity index (χ1) is 32.7. The lowest BCUT2D eigenvalue weighted by Gasteiger charge is -2.26. The summed E-state index contributed by atoms with van der Waals surface area (Å²) in [4.78, 5) is 10.6. The van der Waals surface area contributed by atoms with Crippen LogP contribution in [0.4, 0.5) is 0 Å². The Morgan fingerprint density at radius 3 is 1.72 bits per heavy atom. The Morgan fingerprint density at radius 1 is 0.441 bits per heavy atom. The molecule has 0 aliphatic carbocycles. The second-order valence-electron chi connectivity index (χ2n) is 20.2. The van der Waals surface area contributed by atoms with E-state index in [0.717, 1.165) is 83.6 Å². The van der Waals surface area contributed by atoms with Crippen molar-refractivity contribution in [2.45, 2.75) is 66.2 Å². The Kier molecular flexibility index (Phi) is 11.3. The van der Waals surface area contributed by atoms with Crippen molar-refractivity contribution in [1.29, 1.82) is 0 Å². The predicted molar refractivity (Wildman–Crippen MR) is 285 cm³/mol. The zero-order valence-electron chi connectivity index (χ0n) is 40.3. The lowest BCUT2D eigenvalue weighted by molar-refractivity contribution is 0.471. The van der Waals surface area contributed by atoms with Crippen molar-refractivity contribution < 1.29 is 5.11 Å². The molecule has 0 bridgehead atoms. The fourth-order valence-electron chi connectivity index (χ4n) is 9.68. The lowest BCUT2D eigenvalue weighted by Crippen LogP contribution is -2.13. The molecule has 0 spiro atoms. The molecule has 0 unspecified atom stereocenters. The minimum Gasteiger partial charge on any atom is -0.507 e. The Hall–Kier alpha value is -7.82. The third kappa shape index (κ3) is 8.32. The van der Waals surface area contributed by atoms with E-state index in [2.05, 4.69) is 235 Å². The predicted octanol–water partition coefficient (Wildman–Crippen LogP) is 17.0. The second-order valence-corrected chi connectivity index (χ2v) is 20.2. The highest BCUT2D eigenvalue weighted by Crippen LogP contribution is 2.45. The highest BCUT2D eigenvalue weighted by Gasteiger charge is 2.27. The molecule has 334 valence electrons. The molecular formula is C64H57N3O. The number of benzene rings is 8. The molecule has 1 N–H and O–H groups in total. The van der Waals surface area contributed by atoms with Crippen molar-refractivity contribution in [3.63, 3.8) is 0 Å². The topological polar surface area (TPSA) is 50.9 Å². The van der Waals surface area contributed by atoms with Crippen LogP contribution >= 0.6 is 0 Å². The Labute approximate surface area is 401 Å². The van der Waals surface area contributed by atoms with E-state index in [0.29, 0.717) is 11.4 Å². The van der Waals surface area contributed by atoms with Gasteiger partial charge in [-0.05, 0) is 152 Å². The van der Waals surface area contributed by atoms with Crippen LogP contribution in [0.3, 0.4) is 0 Å². The number of rotatable bonds is 8. The smallest absolute Gasteiger partial charge is 0.149 e. The van der Waals surface area contributed by atoms with Crippen LogP contribution in [0.25, 0.3) is 95.0 Å². The van der Waals surface area contributed by atoms with Crippen molar-refractivity contribution >= 4 is 11.0 Å². The number of hydrogen-bond donors (Lipinski definition) is 1. The van der Waals surface area contributed by atoms with Crippen LogP contribution < -0.4 is 0 Å². The quantitative estimate of drug-likeness (QED) is 0.165. The number of nitrogens with zero attached hydrogens (tertiary/aromatic N) is 3. The molecule has 2 heterocycles. The average Bonchev–Trinajstić information content (AvgIpc) is 3.74. The van der Waals surface area contributed by atoms with Gasteiger partial charge in [-0.2, -0.15) is 0 Å². The average molecular weight is 884 g/mol. The van der Waals surface area contributed by atoms with Gasteiger partial charge in [-0.1, -0.05) is 175 Å². The van der Waals surface area contributed by atoms with Crippen molar-refractivity contribution in [2.75, 3.05) is 0 Å².